The quantitative estimate of drug-likeness (QED) is 0.838. The summed E-state index contributed by atoms with van der Waals surface area (Å²) in [5.41, 5.74) is 2.29. The first-order valence-corrected chi connectivity index (χ1v) is 7.41. The summed E-state index contributed by atoms with van der Waals surface area (Å²) in [5, 5.41) is 4.02. The number of nitrogens with zero attached hydrogens (tertiary/aromatic N) is 2. The van der Waals surface area contributed by atoms with E-state index in [1.807, 2.05) is 21.0 Å². The van der Waals surface area contributed by atoms with Crippen LogP contribution in [0.3, 0.4) is 0 Å². The molecule has 0 bridgehead atoms. The number of ether oxygens (including phenoxy) is 1. The van der Waals surface area contributed by atoms with Crippen LogP contribution < -0.4 is 0 Å². The zero-order valence-corrected chi connectivity index (χ0v) is 12.0. The van der Waals surface area contributed by atoms with Gasteiger partial charge in [-0.2, -0.15) is 0 Å². The summed E-state index contributed by atoms with van der Waals surface area (Å²) < 4.78 is 11.1. The van der Waals surface area contributed by atoms with Crippen molar-refractivity contribution in [3.05, 3.63) is 17.0 Å². The van der Waals surface area contributed by atoms with Crippen LogP contribution in [0.25, 0.3) is 0 Å². The van der Waals surface area contributed by atoms with Crippen LogP contribution in [-0.4, -0.2) is 46.9 Å². The van der Waals surface area contributed by atoms with Crippen molar-refractivity contribution < 1.29 is 9.26 Å². The fourth-order valence-electron chi connectivity index (χ4n) is 3.01. The zero-order valence-electron chi connectivity index (χ0n) is 11.2. The first kappa shape index (κ1) is 12.5. The van der Waals surface area contributed by atoms with E-state index in [9.17, 15) is 0 Å². The maximum Gasteiger partial charge on any atom is 0.138 e. The molecule has 0 amide bonds. The predicted octanol–water partition coefficient (Wildman–Crippen LogP) is 2.00. The normalized spacial score (nSPS) is 26.7. The van der Waals surface area contributed by atoms with Crippen molar-refractivity contribution in [1.29, 1.82) is 0 Å². The van der Waals surface area contributed by atoms with Gasteiger partial charge in [0, 0.05) is 42.8 Å². The van der Waals surface area contributed by atoms with Gasteiger partial charge >= 0.3 is 0 Å². The number of aromatic nitrogens is 1. The molecule has 2 aliphatic rings. The van der Waals surface area contributed by atoms with Crippen LogP contribution >= 0.6 is 11.8 Å². The number of hydrogen-bond acceptors (Lipinski definition) is 5. The average molecular weight is 268 g/mol. The molecule has 5 heteroatoms. The van der Waals surface area contributed by atoms with Gasteiger partial charge in [-0.1, -0.05) is 5.16 Å². The van der Waals surface area contributed by atoms with Gasteiger partial charge in [0.25, 0.3) is 0 Å². The molecule has 1 aromatic rings. The lowest BCUT2D eigenvalue weighted by Gasteiger charge is -2.47. The first-order chi connectivity index (χ1) is 8.62. The Morgan fingerprint density at radius 3 is 2.83 bits per heavy atom. The van der Waals surface area contributed by atoms with Crippen LogP contribution in [-0.2, 0) is 11.3 Å². The number of likely N-dealkylation sites (tertiary alicyclic amines) is 1. The van der Waals surface area contributed by atoms with Gasteiger partial charge in [-0.05, 0) is 20.3 Å². The monoisotopic (exact) mass is 268 g/mol. The van der Waals surface area contributed by atoms with Gasteiger partial charge < -0.3 is 9.26 Å². The number of aryl methyl sites for hydroxylation is 2. The van der Waals surface area contributed by atoms with E-state index >= 15 is 0 Å². The summed E-state index contributed by atoms with van der Waals surface area (Å²) in [6, 6.07) is 0. The lowest BCUT2D eigenvalue weighted by molar-refractivity contribution is 0.0628. The van der Waals surface area contributed by atoms with Gasteiger partial charge in [-0.3, -0.25) is 4.90 Å². The largest absolute Gasteiger partial charge is 0.381 e. The second-order valence-corrected chi connectivity index (χ2v) is 6.99. The minimum Gasteiger partial charge on any atom is -0.381 e. The Morgan fingerprint density at radius 2 is 2.28 bits per heavy atom. The summed E-state index contributed by atoms with van der Waals surface area (Å²) >= 11 is 2.08. The summed E-state index contributed by atoms with van der Waals surface area (Å²) in [6.07, 6.45) is 1.66. The molecule has 1 aromatic heterocycles. The SMILES string of the molecule is CO[C@H]1CSC2(C1)CN(Cc1c(C)noc1C)C2. The lowest BCUT2D eigenvalue weighted by atomic mass is 9.92. The lowest BCUT2D eigenvalue weighted by Crippen LogP contribution is -2.58. The van der Waals surface area contributed by atoms with E-state index in [0.717, 1.165) is 23.8 Å². The molecule has 0 N–H and O–H groups in total. The molecule has 2 aliphatic heterocycles. The molecule has 18 heavy (non-hydrogen) atoms. The third kappa shape index (κ3) is 2.08. The molecule has 1 spiro atoms. The molecule has 0 saturated carbocycles. The Morgan fingerprint density at radius 1 is 1.50 bits per heavy atom. The highest BCUT2D eigenvalue weighted by Crippen LogP contribution is 2.46. The van der Waals surface area contributed by atoms with Crippen molar-refractivity contribution in [1.82, 2.24) is 10.1 Å². The summed E-state index contributed by atoms with van der Waals surface area (Å²) in [6.45, 7) is 7.33. The molecule has 0 aromatic carbocycles. The fourth-order valence-corrected chi connectivity index (χ4v) is 4.65. The van der Waals surface area contributed by atoms with Crippen LogP contribution in [0.2, 0.25) is 0 Å². The Bertz CT molecular complexity index is 421. The van der Waals surface area contributed by atoms with Crippen LogP contribution in [0.1, 0.15) is 23.4 Å². The third-order valence-corrected chi connectivity index (χ3v) is 5.67. The molecule has 2 saturated heterocycles. The number of rotatable bonds is 3. The maximum atomic E-state index is 5.46. The van der Waals surface area contributed by atoms with Gasteiger partial charge in [-0.25, -0.2) is 0 Å². The Labute approximate surface area is 112 Å². The van der Waals surface area contributed by atoms with E-state index in [2.05, 4.69) is 21.8 Å². The minimum atomic E-state index is 0.455. The second kappa shape index (κ2) is 4.54. The highest BCUT2D eigenvalue weighted by Gasteiger charge is 2.49. The van der Waals surface area contributed by atoms with Gasteiger partial charge in [0.15, 0.2) is 0 Å². The molecular weight excluding hydrogens is 248 g/mol. The van der Waals surface area contributed by atoms with Crippen LogP contribution in [0, 0.1) is 13.8 Å². The minimum absolute atomic E-state index is 0.455. The highest BCUT2D eigenvalue weighted by atomic mass is 32.2. The van der Waals surface area contributed by atoms with E-state index in [1.165, 1.54) is 25.1 Å². The molecule has 0 radical (unpaired) electrons. The van der Waals surface area contributed by atoms with E-state index in [1.54, 1.807) is 0 Å². The topological polar surface area (TPSA) is 38.5 Å². The molecule has 2 fully saturated rings. The molecule has 100 valence electrons. The Kier molecular flexibility index (Phi) is 3.16. The first-order valence-electron chi connectivity index (χ1n) is 6.43. The van der Waals surface area contributed by atoms with E-state index in [4.69, 9.17) is 9.26 Å². The number of hydrogen-bond donors (Lipinski definition) is 0. The number of methoxy groups -OCH3 is 1. The molecular formula is C13H20N2O2S. The van der Waals surface area contributed by atoms with Crippen molar-refractivity contribution >= 4 is 11.8 Å². The zero-order chi connectivity index (χ0) is 12.8. The summed E-state index contributed by atoms with van der Waals surface area (Å²) in [5.74, 6) is 2.11. The predicted molar refractivity (Wildman–Crippen MR) is 71.9 cm³/mol. The summed E-state index contributed by atoms with van der Waals surface area (Å²) in [4.78, 5) is 2.48. The fraction of sp³-hybridized carbons (Fsp3) is 0.769. The second-order valence-electron chi connectivity index (χ2n) is 5.50. The molecule has 3 heterocycles. The Hall–Kier alpha value is -0.520. The highest BCUT2D eigenvalue weighted by molar-refractivity contribution is 8.01. The molecule has 1 atom stereocenters. The van der Waals surface area contributed by atoms with E-state index in [0.29, 0.717) is 10.9 Å². The van der Waals surface area contributed by atoms with Crippen molar-refractivity contribution in [2.45, 2.75) is 37.7 Å². The van der Waals surface area contributed by atoms with Gasteiger partial charge in [0.1, 0.15) is 5.76 Å². The Balaban J connectivity index is 1.57. The molecule has 4 nitrogen and oxygen atoms in total. The van der Waals surface area contributed by atoms with Crippen molar-refractivity contribution in [3.63, 3.8) is 0 Å². The molecule has 0 unspecified atom stereocenters. The number of thioether (sulfide) groups is 1. The van der Waals surface area contributed by atoms with Crippen molar-refractivity contribution in [3.8, 4) is 0 Å². The maximum absolute atomic E-state index is 5.46. The average Bonchev–Trinajstić information content (AvgIpc) is 2.87. The van der Waals surface area contributed by atoms with Crippen molar-refractivity contribution in [2.24, 2.45) is 0 Å². The molecule has 3 rings (SSSR count). The van der Waals surface area contributed by atoms with Crippen LogP contribution in [0.4, 0.5) is 0 Å². The van der Waals surface area contributed by atoms with E-state index < -0.39 is 0 Å². The van der Waals surface area contributed by atoms with Crippen LogP contribution in [0.15, 0.2) is 4.52 Å². The molecule has 0 aliphatic carbocycles. The van der Waals surface area contributed by atoms with Gasteiger partial charge in [0.05, 0.1) is 11.8 Å². The van der Waals surface area contributed by atoms with E-state index in [-0.39, 0.29) is 0 Å². The van der Waals surface area contributed by atoms with Crippen molar-refractivity contribution in [2.75, 3.05) is 26.0 Å². The van der Waals surface area contributed by atoms with Gasteiger partial charge in [0.2, 0.25) is 0 Å². The third-order valence-electron chi connectivity index (χ3n) is 4.09. The van der Waals surface area contributed by atoms with Crippen LogP contribution in [0.5, 0.6) is 0 Å². The van der Waals surface area contributed by atoms with Gasteiger partial charge in [-0.15, -0.1) is 11.8 Å². The smallest absolute Gasteiger partial charge is 0.138 e. The summed E-state index contributed by atoms with van der Waals surface area (Å²) in [7, 11) is 1.82. The standard InChI is InChI=1S/C13H20N2O2S/c1-9-12(10(2)17-14-9)5-15-7-13(8-15)4-11(16-3)6-18-13/h11H,4-8H2,1-3H3/t11-/m1/s1.